The van der Waals surface area contributed by atoms with Crippen LogP contribution in [0.4, 0.5) is 5.69 Å². The van der Waals surface area contributed by atoms with E-state index in [1.807, 2.05) is 54.6 Å². The zero-order valence-corrected chi connectivity index (χ0v) is 16.6. The van der Waals surface area contributed by atoms with E-state index >= 15 is 0 Å². The number of benzene rings is 3. The molecule has 1 N–H and O–H groups in total. The molecule has 0 spiro atoms. The molecule has 7 nitrogen and oxygen atoms in total. The van der Waals surface area contributed by atoms with Crippen LogP contribution >= 0.6 is 0 Å². The molecule has 31 heavy (non-hydrogen) atoms. The monoisotopic (exact) mass is 412 g/mol. The smallest absolute Gasteiger partial charge is 0.338 e. The number of anilines is 1. The normalized spacial score (nSPS) is 10.5. The van der Waals surface area contributed by atoms with Gasteiger partial charge in [-0.05, 0) is 47.9 Å². The van der Waals surface area contributed by atoms with Crippen molar-refractivity contribution in [2.24, 2.45) is 0 Å². The molecule has 0 aliphatic heterocycles. The second-order valence-electron chi connectivity index (χ2n) is 6.83. The fourth-order valence-corrected chi connectivity index (χ4v) is 3.10. The maximum Gasteiger partial charge on any atom is 0.338 e. The molecule has 0 radical (unpaired) electrons. The van der Waals surface area contributed by atoms with E-state index in [0.29, 0.717) is 17.7 Å². The summed E-state index contributed by atoms with van der Waals surface area (Å²) in [5.41, 5.74) is 3.94. The van der Waals surface area contributed by atoms with Gasteiger partial charge in [-0.25, -0.2) is 14.5 Å². The van der Waals surface area contributed by atoms with Crippen LogP contribution in [-0.4, -0.2) is 33.2 Å². The number of carbonyl (C=O) groups is 2. The molecule has 4 aromatic rings. The Kier molecular flexibility index (Phi) is 6.13. The number of para-hydroxylation sites is 1. The van der Waals surface area contributed by atoms with Crippen molar-refractivity contribution in [1.82, 2.24) is 14.8 Å². The summed E-state index contributed by atoms with van der Waals surface area (Å²) in [5, 5.41) is 6.86. The summed E-state index contributed by atoms with van der Waals surface area (Å²) < 4.78 is 6.74. The summed E-state index contributed by atoms with van der Waals surface area (Å²) in [6.45, 7) is -0.372. The molecule has 1 aromatic heterocycles. The highest BCUT2D eigenvalue weighted by molar-refractivity contribution is 5.96. The first-order chi connectivity index (χ1) is 15.2. The minimum Gasteiger partial charge on any atom is -0.452 e. The van der Waals surface area contributed by atoms with Crippen molar-refractivity contribution in [2.45, 2.75) is 6.42 Å². The number of carbonyl (C=O) groups excluding carboxylic acids is 2. The summed E-state index contributed by atoms with van der Waals surface area (Å²) in [4.78, 5) is 28.5. The topological polar surface area (TPSA) is 86.1 Å². The van der Waals surface area contributed by atoms with Crippen molar-refractivity contribution in [1.29, 1.82) is 0 Å². The van der Waals surface area contributed by atoms with Gasteiger partial charge in [-0.1, -0.05) is 48.5 Å². The summed E-state index contributed by atoms with van der Waals surface area (Å²) >= 11 is 0. The third-order valence-electron chi connectivity index (χ3n) is 4.65. The van der Waals surface area contributed by atoms with Crippen LogP contribution in [0.3, 0.4) is 0 Å². The van der Waals surface area contributed by atoms with E-state index in [9.17, 15) is 9.59 Å². The second-order valence-corrected chi connectivity index (χ2v) is 6.83. The van der Waals surface area contributed by atoms with E-state index in [4.69, 9.17) is 4.74 Å². The zero-order chi connectivity index (χ0) is 21.5. The Morgan fingerprint density at radius 3 is 2.39 bits per heavy atom. The first-order valence-corrected chi connectivity index (χ1v) is 9.73. The van der Waals surface area contributed by atoms with E-state index in [1.54, 1.807) is 35.3 Å². The van der Waals surface area contributed by atoms with E-state index in [-0.39, 0.29) is 6.61 Å². The first-order valence-electron chi connectivity index (χ1n) is 9.73. The predicted molar refractivity (Wildman–Crippen MR) is 116 cm³/mol. The Labute approximate surface area is 179 Å². The number of amides is 1. The van der Waals surface area contributed by atoms with Gasteiger partial charge < -0.3 is 10.1 Å². The van der Waals surface area contributed by atoms with Crippen LogP contribution in [0.2, 0.25) is 0 Å². The number of hydrogen-bond donors (Lipinski definition) is 1. The molecule has 0 saturated heterocycles. The highest BCUT2D eigenvalue weighted by Gasteiger charge is 2.12. The van der Waals surface area contributed by atoms with E-state index < -0.39 is 11.9 Å². The van der Waals surface area contributed by atoms with Crippen LogP contribution in [0.15, 0.2) is 91.5 Å². The lowest BCUT2D eigenvalue weighted by Gasteiger charge is -2.12. The van der Waals surface area contributed by atoms with E-state index in [2.05, 4.69) is 15.4 Å². The van der Waals surface area contributed by atoms with Crippen LogP contribution in [0.25, 0.3) is 5.69 Å². The molecule has 1 heterocycles. The molecule has 7 heteroatoms. The van der Waals surface area contributed by atoms with Gasteiger partial charge in [-0.2, -0.15) is 5.10 Å². The van der Waals surface area contributed by atoms with Crippen LogP contribution in [0.1, 0.15) is 21.5 Å². The SMILES string of the molecule is O=C(COC(=O)c1ccc(-n2cncn2)cc1)Nc1ccccc1Cc1ccccc1. The number of nitrogens with one attached hydrogen (secondary N) is 1. The average molecular weight is 412 g/mol. The van der Waals surface area contributed by atoms with Gasteiger partial charge in [0.25, 0.3) is 5.91 Å². The molecule has 0 bridgehead atoms. The number of hydrogen-bond acceptors (Lipinski definition) is 5. The lowest BCUT2D eigenvalue weighted by atomic mass is 10.0. The average Bonchev–Trinajstić information content (AvgIpc) is 3.35. The largest absolute Gasteiger partial charge is 0.452 e. The zero-order valence-electron chi connectivity index (χ0n) is 16.6. The van der Waals surface area contributed by atoms with Crippen molar-refractivity contribution in [2.75, 3.05) is 11.9 Å². The molecule has 0 atom stereocenters. The van der Waals surface area contributed by atoms with Crippen LogP contribution < -0.4 is 5.32 Å². The molecule has 1 amide bonds. The summed E-state index contributed by atoms with van der Waals surface area (Å²) in [6.07, 6.45) is 3.68. The molecule has 3 aromatic carbocycles. The second kappa shape index (κ2) is 9.49. The lowest BCUT2D eigenvalue weighted by Crippen LogP contribution is -2.21. The molecule has 4 rings (SSSR count). The van der Waals surface area contributed by atoms with Gasteiger partial charge in [0.2, 0.25) is 0 Å². The number of rotatable bonds is 7. The van der Waals surface area contributed by atoms with Crippen molar-refractivity contribution in [3.05, 3.63) is 108 Å². The van der Waals surface area contributed by atoms with E-state index in [0.717, 1.165) is 16.8 Å². The maximum absolute atomic E-state index is 12.4. The molecule has 0 aliphatic carbocycles. The molecule has 0 aliphatic rings. The van der Waals surface area contributed by atoms with Crippen molar-refractivity contribution in [3.8, 4) is 5.69 Å². The summed E-state index contributed by atoms with van der Waals surface area (Å²) in [6, 6.07) is 24.3. The van der Waals surface area contributed by atoms with Gasteiger partial charge in [0.15, 0.2) is 6.61 Å². The molecular weight excluding hydrogens is 392 g/mol. The van der Waals surface area contributed by atoms with Gasteiger partial charge in [0.1, 0.15) is 12.7 Å². The van der Waals surface area contributed by atoms with Crippen molar-refractivity contribution >= 4 is 17.6 Å². The van der Waals surface area contributed by atoms with Gasteiger partial charge in [0, 0.05) is 5.69 Å². The fourth-order valence-electron chi connectivity index (χ4n) is 3.10. The number of nitrogens with zero attached hydrogens (tertiary/aromatic N) is 3. The van der Waals surface area contributed by atoms with Gasteiger partial charge in [0.05, 0.1) is 11.3 Å². The standard InChI is InChI=1S/C24H20N4O3/c29-23(27-22-9-5-4-8-20(22)14-18-6-2-1-3-7-18)15-31-24(30)19-10-12-21(13-11-19)28-17-25-16-26-28/h1-13,16-17H,14-15H2,(H,27,29). The molecule has 0 fully saturated rings. The quantitative estimate of drug-likeness (QED) is 0.468. The molecule has 0 unspecified atom stereocenters. The van der Waals surface area contributed by atoms with Crippen molar-refractivity contribution < 1.29 is 14.3 Å². The van der Waals surface area contributed by atoms with Crippen LogP contribution in [0.5, 0.6) is 0 Å². The fraction of sp³-hybridized carbons (Fsp3) is 0.0833. The number of ether oxygens (including phenoxy) is 1. The molecular formula is C24H20N4O3. The Balaban J connectivity index is 1.34. The van der Waals surface area contributed by atoms with Gasteiger partial charge in [-0.3, -0.25) is 4.79 Å². The van der Waals surface area contributed by atoms with Gasteiger partial charge >= 0.3 is 5.97 Å². The Morgan fingerprint density at radius 2 is 1.65 bits per heavy atom. The number of esters is 1. The molecule has 0 saturated carbocycles. The predicted octanol–water partition coefficient (Wildman–Crippen LogP) is 3.65. The van der Waals surface area contributed by atoms with Gasteiger partial charge in [-0.15, -0.1) is 0 Å². The van der Waals surface area contributed by atoms with E-state index in [1.165, 1.54) is 6.33 Å². The van der Waals surface area contributed by atoms with Crippen molar-refractivity contribution in [3.63, 3.8) is 0 Å². The first kappa shape index (κ1) is 20.0. The summed E-state index contributed by atoms with van der Waals surface area (Å²) in [5.74, 6) is -0.967. The third-order valence-corrected chi connectivity index (χ3v) is 4.65. The maximum atomic E-state index is 12.4. The minimum atomic E-state index is -0.571. The summed E-state index contributed by atoms with van der Waals surface area (Å²) in [7, 11) is 0. The Morgan fingerprint density at radius 1 is 0.903 bits per heavy atom. The lowest BCUT2D eigenvalue weighted by molar-refractivity contribution is -0.119. The highest BCUT2D eigenvalue weighted by Crippen LogP contribution is 2.19. The highest BCUT2D eigenvalue weighted by atomic mass is 16.5. The molecule has 154 valence electrons. The number of aromatic nitrogens is 3. The minimum absolute atomic E-state index is 0.348. The Hall–Kier alpha value is -4.26. The van der Waals surface area contributed by atoms with Crippen LogP contribution in [0, 0.1) is 0 Å². The third kappa shape index (κ3) is 5.22. The van der Waals surface area contributed by atoms with Crippen LogP contribution in [-0.2, 0) is 16.0 Å². The Bertz CT molecular complexity index is 1160.